The molecule has 0 unspecified atom stereocenters. The predicted molar refractivity (Wildman–Crippen MR) is 79.5 cm³/mol. The number of hydrogen-bond acceptors (Lipinski definition) is 2. The van der Waals surface area contributed by atoms with Crippen molar-refractivity contribution >= 4 is 11.6 Å². The molecule has 0 aliphatic heterocycles. The number of nitrogens with one attached hydrogen (secondary N) is 2. The maximum absolute atomic E-state index is 11.8. The number of amides is 1. The molecule has 0 spiro atoms. The summed E-state index contributed by atoms with van der Waals surface area (Å²) in [6.07, 6.45) is 4.65. The standard InChI is InChI=1S/C16H24N2O/c1-3-12(4-2)11-17-14-7-5-13(6-8-14)16(19)18-15-9-10-15/h5-8,12,15,17H,3-4,9-11H2,1-2H3,(H,18,19). The van der Waals surface area contributed by atoms with Gasteiger partial charge in [0.15, 0.2) is 0 Å². The molecule has 2 rings (SSSR count). The minimum atomic E-state index is 0.0500. The first-order valence-electron chi connectivity index (χ1n) is 7.37. The van der Waals surface area contributed by atoms with Gasteiger partial charge in [0, 0.05) is 23.8 Å². The third-order valence-electron chi connectivity index (χ3n) is 3.81. The van der Waals surface area contributed by atoms with Crippen molar-refractivity contribution in [2.75, 3.05) is 11.9 Å². The second-order valence-corrected chi connectivity index (χ2v) is 5.39. The van der Waals surface area contributed by atoms with Crippen LogP contribution in [0.4, 0.5) is 5.69 Å². The average Bonchev–Trinajstić information content (AvgIpc) is 3.24. The molecule has 1 saturated carbocycles. The molecule has 0 aromatic heterocycles. The van der Waals surface area contributed by atoms with Gasteiger partial charge in [-0.25, -0.2) is 0 Å². The lowest BCUT2D eigenvalue weighted by Crippen LogP contribution is -2.25. The van der Waals surface area contributed by atoms with E-state index < -0.39 is 0 Å². The zero-order valence-electron chi connectivity index (χ0n) is 11.9. The maximum atomic E-state index is 11.8. The van der Waals surface area contributed by atoms with Crippen LogP contribution in [0.5, 0.6) is 0 Å². The molecule has 1 aromatic carbocycles. The molecule has 0 heterocycles. The average molecular weight is 260 g/mol. The molecule has 19 heavy (non-hydrogen) atoms. The molecule has 1 aliphatic carbocycles. The van der Waals surface area contributed by atoms with Gasteiger partial charge in [0.1, 0.15) is 0 Å². The molecule has 1 aliphatic rings. The van der Waals surface area contributed by atoms with Gasteiger partial charge in [-0.2, -0.15) is 0 Å². The van der Waals surface area contributed by atoms with Crippen LogP contribution in [0, 0.1) is 5.92 Å². The van der Waals surface area contributed by atoms with Gasteiger partial charge in [-0.15, -0.1) is 0 Å². The van der Waals surface area contributed by atoms with Crippen molar-refractivity contribution in [3.05, 3.63) is 29.8 Å². The summed E-state index contributed by atoms with van der Waals surface area (Å²) in [5.41, 5.74) is 1.84. The van der Waals surface area contributed by atoms with Gasteiger partial charge in [0.2, 0.25) is 0 Å². The number of carbonyl (C=O) groups is 1. The lowest BCUT2D eigenvalue weighted by atomic mass is 10.0. The molecule has 3 heteroatoms. The summed E-state index contributed by atoms with van der Waals surface area (Å²) in [7, 11) is 0. The quantitative estimate of drug-likeness (QED) is 0.788. The summed E-state index contributed by atoms with van der Waals surface area (Å²) in [5, 5.41) is 6.43. The van der Waals surface area contributed by atoms with E-state index in [-0.39, 0.29) is 5.91 Å². The Hall–Kier alpha value is -1.51. The smallest absolute Gasteiger partial charge is 0.251 e. The Morgan fingerprint density at radius 2 is 1.84 bits per heavy atom. The van der Waals surface area contributed by atoms with Crippen molar-refractivity contribution in [2.45, 2.75) is 45.6 Å². The summed E-state index contributed by atoms with van der Waals surface area (Å²) in [6.45, 7) is 5.45. The molecule has 0 saturated heterocycles. The van der Waals surface area contributed by atoms with E-state index in [9.17, 15) is 4.79 Å². The summed E-state index contributed by atoms with van der Waals surface area (Å²) in [6, 6.07) is 8.19. The Kier molecular flexibility index (Phi) is 4.83. The van der Waals surface area contributed by atoms with Gasteiger partial charge in [-0.3, -0.25) is 4.79 Å². The third kappa shape index (κ3) is 4.27. The first-order chi connectivity index (χ1) is 9.22. The fourth-order valence-electron chi connectivity index (χ4n) is 2.08. The van der Waals surface area contributed by atoms with Crippen LogP contribution in [0.2, 0.25) is 0 Å². The molecule has 3 nitrogen and oxygen atoms in total. The Labute approximate surface area is 115 Å². The molecule has 1 aromatic rings. The van der Waals surface area contributed by atoms with Crippen molar-refractivity contribution in [2.24, 2.45) is 5.92 Å². The Balaban J connectivity index is 1.84. The zero-order valence-corrected chi connectivity index (χ0v) is 11.9. The SMILES string of the molecule is CCC(CC)CNc1ccc(C(=O)NC2CC2)cc1. The predicted octanol–water partition coefficient (Wildman–Crippen LogP) is 3.43. The van der Waals surface area contributed by atoms with Crippen LogP contribution in [0.3, 0.4) is 0 Å². The van der Waals surface area contributed by atoms with E-state index in [1.807, 2.05) is 24.3 Å². The second kappa shape index (κ2) is 6.60. The molecular weight excluding hydrogens is 236 g/mol. The van der Waals surface area contributed by atoms with E-state index in [1.165, 1.54) is 12.8 Å². The van der Waals surface area contributed by atoms with Gasteiger partial charge >= 0.3 is 0 Å². The Bertz CT molecular complexity index is 405. The Morgan fingerprint density at radius 3 is 2.37 bits per heavy atom. The molecule has 1 fully saturated rings. The third-order valence-corrected chi connectivity index (χ3v) is 3.81. The van der Waals surface area contributed by atoms with Gasteiger partial charge in [0.25, 0.3) is 5.91 Å². The first-order valence-corrected chi connectivity index (χ1v) is 7.37. The fourth-order valence-corrected chi connectivity index (χ4v) is 2.08. The summed E-state index contributed by atoms with van der Waals surface area (Å²) >= 11 is 0. The monoisotopic (exact) mass is 260 g/mol. The van der Waals surface area contributed by atoms with Crippen molar-refractivity contribution in [1.29, 1.82) is 0 Å². The van der Waals surface area contributed by atoms with Crippen LogP contribution in [0.25, 0.3) is 0 Å². The zero-order chi connectivity index (χ0) is 13.7. The van der Waals surface area contributed by atoms with Gasteiger partial charge < -0.3 is 10.6 Å². The van der Waals surface area contributed by atoms with E-state index in [1.54, 1.807) is 0 Å². The minimum absolute atomic E-state index is 0.0500. The van der Waals surface area contributed by atoms with Crippen molar-refractivity contribution in [3.63, 3.8) is 0 Å². The lowest BCUT2D eigenvalue weighted by Gasteiger charge is -2.14. The van der Waals surface area contributed by atoms with Gasteiger partial charge in [-0.05, 0) is 43.0 Å². The fraction of sp³-hybridized carbons (Fsp3) is 0.562. The van der Waals surface area contributed by atoms with E-state index >= 15 is 0 Å². The van der Waals surface area contributed by atoms with E-state index in [4.69, 9.17) is 0 Å². The van der Waals surface area contributed by atoms with Crippen LogP contribution < -0.4 is 10.6 Å². The van der Waals surface area contributed by atoms with Crippen molar-refractivity contribution in [3.8, 4) is 0 Å². The highest BCUT2D eigenvalue weighted by atomic mass is 16.1. The molecule has 2 N–H and O–H groups in total. The number of anilines is 1. The maximum Gasteiger partial charge on any atom is 0.251 e. The number of hydrogen-bond donors (Lipinski definition) is 2. The number of carbonyl (C=O) groups excluding carboxylic acids is 1. The second-order valence-electron chi connectivity index (χ2n) is 5.39. The highest BCUT2D eigenvalue weighted by Crippen LogP contribution is 2.19. The van der Waals surface area contributed by atoms with Crippen LogP contribution >= 0.6 is 0 Å². The molecular formula is C16H24N2O. The highest BCUT2D eigenvalue weighted by Gasteiger charge is 2.23. The van der Waals surface area contributed by atoms with Gasteiger partial charge in [-0.1, -0.05) is 26.7 Å². The van der Waals surface area contributed by atoms with Crippen LogP contribution in [-0.4, -0.2) is 18.5 Å². The highest BCUT2D eigenvalue weighted by molar-refractivity contribution is 5.94. The largest absolute Gasteiger partial charge is 0.385 e. The molecule has 0 bridgehead atoms. The normalized spacial score (nSPS) is 14.5. The van der Waals surface area contributed by atoms with Crippen LogP contribution in [0.15, 0.2) is 24.3 Å². The summed E-state index contributed by atoms with van der Waals surface area (Å²) in [5.74, 6) is 0.770. The summed E-state index contributed by atoms with van der Waals surface area (Å²) < 4.78 is 0. The van der Waals surface area contributed by atoms with E-state index in [0.29, 0.717) is 6.04 Å². The van der Waals surface area contributed by atoms with E-state index in [2.05, 4.69) is 24.5 Å². The molecule has 0 radical (unpaired) electrons. The van der Waals surface area contributed by atoms with Crippen LogP contribution in [-0.2, 0) is 0 Å². The molecule has 104 valence electrons. The molecule has 0 atom stereocenters. The van der Waals surface area contributed by atoms with Crippen LogP contribution in [0.1, 0.15) is 49.9 Å². The van der Waals surface area contributed by atoms with Gasteiger partial charge in [0.05, 0.1) is 0 Å². The van der Waals surface area contributed by atoms with E-state index in [0.717, 1.165) is 36.6 Å². The minimum Gasteiger partial charge on any atom is -0.385 e. The lowest BCUT2D eigenvalue weighted by molar-refractivity contribution is 0.0951. The number of benzene rings is 1. The summed E-state index contributed by atoms with van der Waals surface area (Å²) in [4.78, 5) is 11.8. The topological polar surface area (TPSA) is 41.1 Å². The van der Waals surface area contributed by atoms with Crippen molar-refractivity contribution < 1.29 is 4.79 Å². The Morgan fingerprint density at radius 1 is 1.21 bits per heavy atom. The number of rotatable bonds is 7. The first kappa shape index (κ1) is 13.9. The molecule has 1 amide bonds. The van der Waals surface area contributed by atoms with Crippen molar-refractivity contribution in [1.82, 2.24) is 5.32 Å².